The van der Waals surface area contributed by atoms with Gasteiger partial charge in [-0.2, -0.15) is 0 Å². The van der Waals surface area contributed by atoms with E-state index in [0.29, 0.717) is 29.7 Å². The fourth-order valence-corrected chi connectivity index (χ4v) is 5.52. The van der Waals surface area contributed by atoms with Crippen LogP contribution in [-0.2, 0) is 9.53 Å². The van der Waals surface area contributed by atoms with E-state index in [1.807, 2.05) is 51.1 Å². The van der Waals surface area contributed by atoms with Crippen LogP contribution in [-0.4, -0.2) is 46.5 Å². The van der Waals surface area contributed by atoms with Crippen molar-refractivity contribution in [3.63, 3.8) is 0 Å². The summed E-state index contributed by atoms with van der Waals surface area (Å²) in [6.07, 6.45) is 7.21. The minimum atomic E-state index is -0.529. The monoisotopic (exact) mass is 451 g/mol. The van der Waals surface area contributed by atoms with Crippen LogP contribution in [0.4, 0.5) is 0 Å². The van der Waals surface area contributed by atoms with E-state index < -0.39 is 5.60 Å². The molecule has 1 aliphatic carbocycles. The Hall–Kier alpha value is -2.40. The van der Waals surface area contributed by atoms with Gasteiger partial charge in [0.15, 0.2) is 5.78 Å². The fraction of sp³-hybridized carbons (Fsp3) is 0.571. The van der Waals surface area contributed by atoms with Gasteiger partial charge in [-0.05, 0) is 63.3 Å². The number of phenols is 1. The lowest BCUT2D eigenvalue weighted by Gasteiger charge is -2.31. The molecule has 178 valence electrons. The predicted molar refractivity (Wildman–Crippen MR) is 130 cm³/mol. The van der Waals surface area contributed by atoms with E-state index in [1.54, 1.807) is 6.07 Å². The molecule has 1 heterocycles. The predicted octanol–water partition coefficient (Wildman–Crippen LogP) is 5.73. The molecule has 0 radical (unpaired) electrons. The first-order valence-electron chi connectivity index (χ1n) is 12.4. The van der Waals surface area contributed by atoms with Crippen molar-refractivity contribution >= 4 is 22.5 Å². The first-order chi connectivity index (χ1) is 15.7. The number of fused-ring (bicyclic) bond motifs is 1. The van der Waals surface area contributed by atoms with Crippen molar-refractivity contribution in [3.8, 4) is 5.75 Å². The van der Waals surface area contributed by atoms with E-state index in [0.717, 1.165) is 18.5 Å². The molecule has 0 spiro atoms. The zero-order valence-electron chi connectivity index (χ0n) is 20.2. The smallest absolute Gasteiger partial charge is 0.323 e. The number of aromatic hydroxyl groups is 1. The molecule has 0 unspecified atom stereocenters. The molecule has 1 aliphatic heterocycles. The molecule has 2 fully saturated rings. The molecule has 2 aromatic rings. The summed E-state index contributed by atoms with van der Waals surface area (Å²) >= 11 is 0. The van der Waals surface area contributed by atoms with Crippen LogP contribution in [0.3, 0.4) is 0 Å². The number of Topliss-reactive ketones (excluding diaryl/α,β-unsaturated/α-hetero) is 1. The molecule has 0 bridgehead atoms. The quantitative estimate of drug-likeness (QED) is 0.449. The summed E-state index contributed by atoms with van der Waals surface area (Å²) in [6, 6.07) is 10.8. The Morgan fingerprint density at radius 3 is 2.48 bits per heavy atom. The lowest BCUT2D eigenvalue weighted by molar-refractivity contribution is -0.160. The number of hydrogen-bond donors (Lipinski definition) is 1. The van der Waals surface area contributed by atoms with Crippen molar-refractivity contribution in [3.05, 3.63) is 42.0 Å². The number of carbonyl (C=O) groups is 2. The lowest BCUT2D eigenvalue weighted by Crippen LogP contribution is -2.42. The van der Waals surface area contributed by atoms with Crippen LogP contribution in [0.25, 0.3) is 10.8 Å². The molecular formula is C28H37NO4. The van der Waals surface area contributed by atoms with E-state index >= 15 is 0 Å². The Kier molecular flexibility index (Phi) is 7.08. The van der Waals surface area contributed by atoms with Gasteiger partial charge >= 0.3 is 5.97 Å². The number of benzene rings is 2. The molecule has 5 heteroatoms. The topological polar surface area (TPSA) is 66.8 Å². The molecule has 1 saturated heterocycles. The Morgan fingerprint density at radius 1 is 1.03 bits per heavy atom. The molecule has 0 amide bonds. The van der Waals surface area contributed by atoms with Crippen molar-refractivity contribution in [1.82, 2.24) is 4.90 Å². The van der Waals surface area contributed by atoms with Crippen LogP contribution in [0, 0.1) is 11.8 Å². The summed E-state index contributed by atoms with van der Waals surface area (Å²) < 4.78 is 5.74. The van der Waals surface area contributed by atoms with Gasteiger partial charge in [0.05, 0.1) is 5.56 Å². The number of nitrogens with zero attached hydrogens (tertiary/aromatic N) is 1. The van der Waals surface area contributed by atoms with Gasteiger partial charge < -0.3 is 9.84 Å². The van der Waals surface area contributed by atoms with Crippen molar-refractivity contribution < 1.29 is 19.4 Å². The largest absolute Gasteiger partial charge is 0.507 e. The van der Waals surface area contributed by atoms with Gasteiger partial charge in [-0.25, -0.2) is 0 Å². The average Bonchev–Trinajstić information content (AvgIpc) is 3.16. The third-order valence-electron chi connectivity index (χ3n) is 7.06. The van der Waals surface area contributed by atoms with Crippen LogP contribution in [0.2, 0.25) is 0 Å². The second-order valence-corrected chi connectivity index (χ2v) is 10.9. The van der Waals surface area contributed by atoms with Gasteiger partial charge in [-0.15, -0.1) is 0 Å². The molecule has 1 saturated carbocycles. The SMILES string of the molecule is CC(C)(C)OC(=O)[C@@H]1C[C@H](CC(=O)c2ccc3ccccc3c2O)CN1CC1CCCCC1. The minimum absolute atomic E-state index is 0.0545. The first-order valence-corrected chi connectivity index (χ1v) is 12.4. The number of ketones is 1. The molecule has 2 atom stereocenters. The first kappa shape index (κ1) is 23.7. The highest BCUT2D eigenvalue weighted by Gasteiger charge is 2.40. The number of rotatable bonds is 6. The van der Waals surface area contributed by atoms with Crippen molar-refractivity contribution in [1.29, 1.82) is 0 Å². The second kappa shape index (κ2) is 9.84. The molecule has 5 nitrogen and oxygen atoms in total. The Bertz CT molecular complexity index is 1000. The Morgan fingerprint density at radius 2 is 1.76 bits per heavy atom. The van der Waals surface area contributed by atoms with Crippen LogP contribution in [0.5, 0.6) is 5.75 Å². The van der Waals surface area contributed by atoms with Crippen LogP contribution in [0.1, 0.15) is 76.1 Å². The molecule has 0 aromatic heterocycles. The Balaban J connectivity index is 1.48. The average molecular weight is 452 g/mol. The minimum Gasteiger partial charge on any atom is -0.507 e. The Labute approximate surface area is 197 Å². The van der Waals surface area contributed by atoms with E-state index in [2.05, 4.69) is 4.90 Å². The van der Waals surface area contributed by atoms with Crippen LogP contribution in [0.15, 0.2) is 36.4 Å². The maximum atomic E-state index is 13.2. The van der Waals surface area contributed by atoms with Gasteiger partial charge in [0.2, 0.25) is 0 Å². The second-order valence-electron chi connectivity index (χ2n) is 10.9. The van der Waals surface area contributed by atoms with Crippen LogP contribution >= 0.6 is 0 Å². The van der Waals surface area contributed by atoms with Gasteiger partial charge in [-0.3, -0.25) is 14.5 Å². The third kappa shape index (κ3) is 5.75. The van der Waals surface area contributed by atoms with Crippen molar-refractivity contribution in [2.24, 2.45) is 11.8 Å². The lowest BCUT2D eigenvalue weighted by atomic mass is 9.89. The number of esters is 1. The molecular weight excluding hydrogens is 414 g/mol. The van der Waals surface area contributed by atoms with Gasteiger partial charge in [0.1, 0.15) is 17.4 Å². The van der Waals surface area contributed by atoms with E-state index in [4.69, 9.17) is 4.74 Å². The summed E-state index contributed by atoms with van der Waals surface area (Å²) in [7, 11) is 0. The zero-order chi connectivity index (χ0) is 23.6. The van der Waals surface area contributed by atoms with Crippen molar-refractivity contribution in [2.45, 2.75) is 77.4 Å². The highest BCUT2D eigenvalue weighted by molar-refractivity contribution is 6.04. The third-order valence-corrected chi connectivity index (χ3v) is 7.06. The zero-order valence-corrected chi connectivity index (χ0v) is 20.2. The molecule has 2 aliphatic rings. The molecule has 2 aromatic carbocycles. The highest BCUT2D eigenvalue weighted by Crippen LogP contribution is 2.35. The number of ether oxygens (including phenoxy) is 1. The van der Waals surface area contributed by atoms with Crippen molar-refractivity contribution in [2.75, 3.05) is 13.1 Å². The maximum absolute atomic E-state index is 13.2. The molecule has 33 heavy (non-hydrogen) atoms. The summed E-state index contributed by atoms with van der Waals surface area (Å²) in [4.78, 5) is 28.5. The van der Waals surface area contributed by atoms with E-state index in [1.165, 1.54) is 32.1 Å². The number of hydrogen-bond acceptors (Lipinski definition) is 5. The summed E-state index contributed by atoms with van der Waals surface area (Å²) in [5.41, 5.74) is -0.161. The maximum Gasteiger partial charge on any atom is 0.323 e. The number of carbonyl (C=O) groups excluding carboxylic acids is 2. The van der Waals surface area contributed by atoms with Gasteiger partial charge in [0.25, 0.3) is 0 Å². The van der Waals surface area contributed by atoms with Gasteiger partial charge in [-0.1, -0.05) is 49.6 Å². The highest BCUT2D eigenvalue weighted by atomic mass is 16.6. The molecule has 1 N–H and O–H groups in total. The summed E-state index contributed by atoms with van der Waals surface area (Å²) in [5, 5.41) is 12.3. The molecule has 4 rings (SSSR count). The van der Waals surface area contributed by atoms with Crippen LogP contribution < -0.4 is 0 Å². The number of likely N-dealkylation sites (tertiary alicyclic amines) is 1. The van der Waals surface area contributed by atoms with E-state index in [-0.39, 0.29) is 29.5 Å². The number of phenolic OH excluding ortho intramolecular Hbond substituents is 1. The fourth-order valence-electron chi connectivity index (χ4n) is 5.52. The summed E-state index contributed by atoms with van der Waals surface area (Å²) in [6.45, 7) is 7.31. The normalized spacial score (nSPS) is 22.5. The van der Waals surface area contributed by atoms with E-state index in [9.17, 15) is 14.7 Å². The standard InChI is InChI=1S/C28H37NO4/c1-28(2,3)33-27(32)24-15-20(18-29(24)17-19-9-5-4-6-10-19)16-25(30)23-14-13-21-11-7-8-12-22(21)26(23)31/h7-8,11-14,19-20,24,31H,4-6,9-10,15-18H2,1-3H3/t20-,24+/m1/s1. The summed E-state index contributed by atoms with van der Waals surface area (Å²) in [5.74, 6) is 0.499. The van der Waals surface area contributed by atoms with Gasteiger partial charge in [0, 0.05) is 24.9 Å².